The molecule has 0 heterocycles. The van der Waals surface area contributed by atoms with Gasteiger partial charge in [-0.2, -0.15) is 0 Å². The summed E-state index contributed by atoms with van der Waals surface area (Å²) in [6.45, 7) is 4.30. The molecule has 1 nitrogen and oxygen atoms in total. The molecule has 94 valence electrons. The zero-order valence-electron chi connectivity index (χ0n) is 10.4. The second-order valence-corrected chi connectivity index (χ2v) is 6.37. The fraction of sp³-hybridized carbons (Fsp3) is 0.200. The fourth-order valence-electron chi connectivity index (χ4n) is 1.84. The number of halogens is 2. The van der Waals surface area contributed by atoms with Crippen molar-refractivity contribution in [1.29, 1.82) is 0 Å². The van der Waals surface area contributed by atoms with Gasteiger partial charge in [0, 0.05) is 19.8 Å². The summed E-state index contributed by atoms with van der Waals surface area (Å²) in [5.74, 6) is 0. The number of aryl methyl sites for hydroxylation is 1. The van der Waals surface area contributed by atoms with Gasteiger partial charge in [-0.3, -0.25) is 0 Å². The van der Waals surface area contributed by atoms with E-state index in [1.807, 2.05) is 6.07 Å². The van der Waals surface area contributed by atoms with Crippen molar-refractivity contribution in [3.63, 3.8) is 0 Å². The molecule has 2 aromatic carbocycles. The van der Waals surface area contributed by atoms with Crippen molar-refractivity contribution in [2.45, 2.75) is 19.9 Å². The van der Waals surface area contributed by atoms with Gasteiger partial charge in [0.15, 0.2) is 0 Å². The van der Waals surface area contributed by atoms with E-state index in [-0.39, 0.29) is 6.04 Å². The first kappa shape index (κ1) is 13.9. The van der Waals surface area contributed by atoms with E-state index < -0.39 is 0 Å². The molecule has 0 spiro atoms. The highest BCUT2D eigenvalue weighted by atomic mass is 127. The quantitative estimate of drug-likeness (QED) is 0.649. The third-order valence-electron chi connectivity index (χ3n) is 2.93. The lowest BCUT2D eigenvalue weighted by Gasteiger charge is -2.17. The normalized spacial score (nSPS) is 12.2. The molecule has 2 aromatic rings. The number of hydrogen-bond donors (Lipinski definition) is 1. The highest BCUT2D eigenvalue weighted by molar-refractivity contribution is 14.1. The van der Waals surface area contributed by atoms with Crippen LogP contribution >= 0.6 is 38.5 Å². The Labute approximate surface area is 130 Å². The Morgan fingerprint density at radius 3 is 2.56 bits per heavy atom. The highest BCUT2D eigenvalue weighted by Crippen LogP contribution is 2.27. The van der Waals surface area contributed by atoms with Crippen LogP contribution in [-0.2, 0) is 0 Å². The van der Waals surface area contributed by atoms with E-state index in [1.54, 1.807) is 0 Å². The van der Waals surface area contributed by atoms with E-state index in [0.29, 0.717) is 0 Å². The fourth-order valence-corrected chi connectivity index (χ4v) is 2.98. The minimum atomic E-state index is 0.277. The van der Waals surface area contributed by atoms with Crippen LogP contribution in [0.2, 0.25) is 0 Å². The van der Waals surface area contributed by atoms with Gasteiger partial charge < -0.3 is 5.32 Å². The molecular weight excluding hydrogens is 401 g/mol. The SMILES string of the molecule is Cc1ccc(NC(C)c2ccccc2Br)cc1I. The molecule has 18 heavy (non-hydrogen) atoms. The topological polar surface area (TPSA) is 12.0 Å². The molecule has 0 amide bonds. The van der Waals surface area contributed by atoms with E-state index in [1.165, 1.54) is 14.7 Å². The smallest absolute Gasteiger partial charge is 0.0496 e. The van der Waals surface area contributed by atoms with Gasteiger partial charge in [-0.25, -0.2) is 0 Å². The predicted octanol–water partition coefficient (Wildman–Crippen LogP) is 5.54. The first-order valence-corrected chi connectivity index (χ1v) is 7.72. The van der Waals surface area contributed by atoms with Gasteiger partial charge in [0.1, 0.15) is 0 Å². The summed E-state index contributed by atoms with van der Waals surface area (Å²) in [4.78, 5) is 0. The van der Waals surface area contributed by atoms with Crippen molar-refractivity contribution >= 4 is 44.2 Å². The molecule has 0 radical (unpaired) electrons. The first-order chi connectivity index (χ1) is 8.58. The number of anilines is 1. The van der Waals surface area contributed by atoms with Crippen LogP contribution in [0.1, 0.15) is 24.1 Å². The second-order valence-electron chi connectivity index (χ2n) is 4.35. The molecule has 1 N–H and O–H groups in total. The Bertz CT molecular complexity index is 554. The van der Waals surface area contributed by atoms with Crippen LogP contribution in [0.3, 0.4) is 0 Å². The lowest BCUT2D eigenvalue weighted by atomic mass is 10.1. The standard InChI is InChI=1S/C15H15BrIN/c1-10-7-8-12(9-15(10)17)18-11(2)13-5-3-4-6-14(13)16/h3-9,11,18H,1-2H3. The molecule has 2 rings (SSSR count). The third kappa shape index (κ3) is 3.26. The van der Waals surface area contributed by atoms with Crippen molar-refractivity contribution in [3.8, 4) is 0 Å². The molecule has 0 bridgehead atoms. The predicted molar refractivity (Wildman–Crippen MR) is 90.1 cm³/mol. The number of benzene rings is 2. The Morgan fingerprint density at radius 1 is 1.17 bits per heavy atom. The monoisotopic (exact) mass is 415 g/mol. The molecule has 3 heteroatoms. The number of nitrogens with one attached hydrogen (secondary N) is 1. The molecule has 0 aromatic heterocycles. The minimum absolute atomic E-state index is 0.277. The molecule has 0 aliphatic rings. The van der Waals surface area contributed by atoms with Crippen molar-refractivity contribution in [2.24, 2.45) is 0 Å². The van der Waals surface area contributed by atoms with Crippen LogP contribution in [0, 0.1) is 10.5 Å². The van der Waals surface area contributed by atoms with Crippen molar-refractivity contribution in [1.82, 2.24) is 0 Å². The Hall–Kier alpha value is -0.550. The summed E-state index contributed by atoms with van der Waals surface area (Å²) in [6.07, 6.45) is 0. The maximum Gasteiger partial charge on any atom is 0.0496 e. The second kappa shape index (κ2) is 6.06. The highest BCUT2D eigenvalue weighted by Gasteiger charge is 2.08. The van der Waals surface area contributed by atoms with Gasteiger partial charge in [-0.05, 0) is 65.8 Å². The molecule has 0 aliphatic carbocycles. The maximum absolute atomic E-state index is 3.59. The van der Waals surface area contributed by atoms with Crippen LogP contribution in [0.4, 0.5) is 5.69 Å². The average Bonchev–Trinajstić information content (AvgIpc) is 2.34. The minimum Gasteiger partial charge on any atom is -0.378 e. The molecule has 0 fully saturated rings. The zero-order chi connectivity index (χ0) is 13.1. The summed E-state index contributed by atoms with van der Waals surface area (Å²) >= 11 is 5.96. The molecule has 1 atom stereocenters. The summed E-state index contributed by atoms with van der Waals surface area (Å²) in [7, 11) is 0. The average molecular weight is 416 g/mol. The molecule has 0 saturated carbocycles. The lowest BCUT2D eigenvalue weighted by Crippen LogP contribution is -2.07. The van der Waals surface area contributed by atoms with Gasteiger partial charge in [0.2, 0.25) is 0 Å². The van der Waals surface area contributed by atoms with Crippen molar-refractivity contribution < 1.29 is 0 Å². The molecule has 0 saturated heterocycles. The summed E-state index contributed by atoms with van der Waals surface area (Å²) < 4.78 is 2.43. The van der Waals surface area contributed by atoms with E-state index in [9.17, 15) is 0 Å². The van der Waals surface area contributed by atoms with Gasteiger partial charge in [0.05, 0.1) is 0 Å². The van der Waals surface area contributed by atoms with Crippen LogP contribution in [0.15, 0.2) is 46.9 Å². The van der Waals surface area contributed by atoms with Crippen LogP contribution in [0.5, 0.6) is 0 Å². The number of rotatable bonds is 3. The summed E-state index contributed by atoms with van der Waals surface area (Å²) in [5.41, 5.74) is 3.75. The van der Waals surface area contributed by atoms with Crippen molar-refractivity contribution in [3.05, 3.63) is 61.6 Å². The lowest BCUT2D eigenvalue weighted by molar-refractivity contribution is 0.878. The summed E-state index contributed by atoms with van der Waals surface area (Å²) in [5, 5.41) is 3.53. The van der Waals surface area contributed by atoms with Crippen LogP contribution in [-0.4, -0.2) is 0 Å². The molecule has 0 aliphatic heterocycles. The van der Waals surface area contributed by atoms with Crippen LogP contribution in [0.25, 0.3) is 0 Å². The van der Waals surface area contributed by atoms with Gasteiger partial charge in [0.25, 0.3) is 0 Å². The van der Waals surface area contributed by atoms with Crippen LogP contribution < -0.4 is 5.32 Å². The van der Waals surface area contributed by atoms with E-state index >= 15 is 0 Å². The Morgan fingerprint density at radius 2 is 1.89 bits per heavy atom. The first-order valence-electron chi connectivity index (χ1n) is 5.85. The third-order valence-corrected chi connectivity index (χ3v) is 4.81. The maximum atomic E-state index is 3.59. The van der Waals surface area contributed by atoms with E-state index in [4.69, 9.17) is 0 Å². The Balaban J connectivity index is 2.19. The van der Waals surface area contributed by atoms with Crippen molar-refractivity contribution in [2.75, 3.05) is 5.32 Å². The van der Waals surface area contributed by atoms with Gasteiger partial charge >= 0.3 is 0 Å². The number of hydrogen-bond acceptors (Lipinski definition) is 1. The largest absolute Gasteiger partial charge is 0.378 e. The van der Waals surface area contributed by atoms with E-state index in [2.05, 4.69) is 94.1 Å². The molecule has 1 unspecified atom stereocenters. The van der Waals surface area contributed by atoms with E-state index in [0.717, 1.165) is 10.2 Å². The summed E-state index contributed by atoms with van der Waals surface area (Å²) in [6, 6.07) is 15.1. The Kier molecular flexibility index (Phi) is 4.67. The van der Waals surface area contributed by atoms with Gasteiger partial charge in [-0.1, -0.05) is 40.2 Å². The van der Waals surface area contributed by atoms with Gasteiger partial charge in [-0.15, -0.1) is 0 Å². The molecular formula is C15H15BrIN. The zero-order valence-corrected chi connectivity index (χ0v) is 14.1.